The smallest absolute Gasteiger partial charge is 0.135 e. The van der Waals surface area contributed by atoms with Gasteiger partial charge in [0.05, 0.1) is 0 Å². The molecule has 2 aromatic heterocycles. The van der Waals surface area contributed by atoms with Gasteiger partial charge in [-0.3, -0.25) is 0 Å². The number of fused-ring (bicyclic) bond motifs is 3. The van der Waals surface area contributed by atoms with Crippen molar-refractivity contribution in [3.8, 4) is 17.3 Å². The third-order valence-electron chi connectivity index (χ3n) is 9.17. The summed E-state index contributed by atoms with van der Waals surface area (Å²) in [6.45, 7) is 22.3. The molecule has 6 heteroatoms. The summed E-state index contributed by atoms with van der Waals surface area (Å²) in [5, 5.41) is 2.26. The molecule has 3 heterocycles. The van der Waals surface area contributed by atoms with E-state index in [1.807, 2.05) is 24.4 Å². The number of rotatable bonds is 5. The fourth-order valence-corrected chi connectivity index (χ4v) is 6.37. The number of hydrogen-bond donors (Lipinski definition) is 0. The Morgan fingerprint density at radius 2 is 1.36 bits per heavy atom. The monoisotopic (exact) mass is 840 g/mol. The van der Waals surface area contributed by atoms with Crippen LogP contribution in [0.1, 0.15) is 73.4 Å². The molecule has 4 aromatic carbocycles. The minimum Gasteiger partial charge on any atom is -0.509 e. The molecule has 0 fully saturated rings. The number of anilines is 2. The molecule has 0 saturated heterocycles. The maximum atomic E-state index is 6.52. The summed E-state index contributed by atoms with van der Waals surface area (Å²) in [4.78, 5) is 9.24. The van der Waals surface area contributed by atoms with Crippen LogP contribution in [0, 0.1) is 24.2 Å². The van der Waals surface area contributed by atoms with Crippen LogP contribution in [0.5, 0.6) is 11.5 Å². The van der Waals surface area contributed by atoms with E-state index in [4.69, 9.17) is 9.72 Å². The average Bonchev–Trinajstić information content (AvgIpc) is 3.65. The van der Waals surface area contributed by atoms with Gasteiger partial charge >= 0.3 is 0 Å². The zero-order valence-corrected chi connectivity index (χ0v) is 32.7. The van der Waals surface area contributed by atoms with Crippen LogP contribution < -0.4 is 14.5 Å². The summed E-state index contributed by atoms with van der Waals surface area (Å²) in [6.07, 6.45) is 4.13. The predicted molar refractivity (Wildman–Crippen MR) is 203 cm³/mol. The zero-order chi connectivity index (χ0) is 34.7. The number of benzene rings is 4. The van der Waals surface area contributed by atoms with Crippen LogP contribution >= 0.6 is 0 Å². The van der Waals surface area contributed by atoms with Crippen molar-refractivity contribution in [1.82, 2.24) is 9.55 Å². The summed E-state index contributed by atoms with van der Waals surface area (Å²) < 4.78 is 8.71. The third kappa shape index (κ3) is 6.85. The molecule has 0 atom stereocenters. The molecule has 0 radical (unpaired) electrons. The molecular formula is C44H45N4OPt-3. The number of nitrogens with zero attached hydrogens (tertiary/aromatic N) is 4. The number of allylic oxidation sites excluding steroid dienone is 1. The molecule has 0 unspecified atom stereocenters. The molecule has 0 amide bonds. The van der Waals surface area contributed by atoms with Gasteiger partial charge in [-0.25, -0.2) is 4.98 Å². The minimum atomic E-state index is -0.109. The van der Waals surface area contributed by atoms with E-state index in [9.17, 15) is 0 Å². The molecule has 0 spiro atoms. The van der Waals surface area contributed by atoms with Gasteiger partial charge in [0.25, 0.3) is 0 Å². The maximum absolute atomic E-state index is 6.52. The quantitative estimate of drug-likeness (QED) is 0.162. The van der Waals surface area contributed by atoms with Gasteiger partial charge in [0, 0.05) is 61.1 Å². The van der Waals surface area contributed by atoms with E-state index < -0.39 is 0 Å². The molecule has 0 aliphatic carbocycles. The van der Waals surface area contributed by atoms with Crippen LogP contribution in [0.25, 0.3) is 27.6 Å². The largest absolute Gasteiger partial charge is 0.509 e. The Bertz CT molecular complexity index is 2210. The first-order valence-corrected chi connectivity index (χ1v) is 17.0. The van der Waals surface area contributed by atoms with Crippen LogP contribution in [0.3, 0.4) is 0 Å². The van der Waals surface area contributed by atoms with Gasteiger partial charge in [0.2, 0.25) is 0 Å². The molecule has 1 aliphatic rings. The van der Waals surface area contributed by atoms with Crippen LogP contribution in [-0.4, -0.2) is 9.55 Å². The van der Waals surface area contributed by atoms with Crippen molar-refractivity contribution in [3.05, 3.63) is 139 Å². The summed E-state index contributed by atoms with van der Waals surface area (Å²) in [7, 11) is 0. The van der Waals surface area contributed by atoms with Crippen LogP contribution in [-0.2, 0) is 31.9 Å². The fourth-order valence-electron chi connectivity index (χ4n) is 6.37. The van der Waals surface area contributed by atoms with Crippen molar-refractivity contribution in [3.63, 3.8) is 0 Å². The Hall–Kier alpha value is -4.34. The molecule has 6 aromatic rings. The van der Waals surface area contributed by atoms with E-state index in [1.165, 1.54) is 16.8 Å². The molecular weight excluding hydrogens is 796 g/mol. The molecule has 0 N–H and O–H groups in total. The molecule has 1 aliphatic heterocycles. The third-order valence-corrected chi connectivity index (χ3v) is 9.17. The first-order chi connectivity index (χ1) is 23.2. The Morgan fingerprint density at radius 1 is 0.660 bits per heavy atom. The van der Waals surface area contributed by atoms with Crippen molar-refractivity contribution in [2.24, 2.45) is 5.41 Å². The molecule has 260 valence electrons. The van der Waals surface area contributed by atoms with Gasteiger partial charge in [0.15, 0.2) is 0 Å². The van der Waals surface area contributed by atoms with Gasteiger partial charge in [-0.05, 0) is 63.9 Å². The van der Waals surface area contributed by atoms with Crippen molar-refractivity contribution in [1.29, 1.82) is 0 Å². The molecule has 0 saturated carbocycles. The van der Waals surface area contributed by atoms with Gasteiger partial charge in [0.1, 0.15) is 5.82 Å². The Labute approximate surface area is 311 Å². The van der Waals surface area contributed by atoms with Crippen molar-refractivity contribution in [2.45, 2.75) is 73.1 Å². The SMILES string of the molecule is CC(C)(C)C1=CN(c2cccc(C(C)(C)C)c2)[CH-]N1c1[c-]c(Oc2[c-]c3c(cc2)c2ccccc2n3-c2cc(C(C)(C)C)ccn2)ccc1.[Pt]. The van der Waals surface area contributed by atoms with E-state index in [0.29, 0.717) is 11.5 Å². The van der Waals surface area contributed by atoms with Gasteiger partial charge in [-0.1, -0.05) is 98.2 Å². The first kappa shape index (κ1) is 35.5. The summed E-state index contributed by atoms with van der Waals surface area (Å²) in [6, 6.07) is 38.8. The van der Waals surface area contributed by atoms with Gasteiger partial charge in [-0.2, -0.15) is 12.1 Å². The second-order valence-corrected chi connectivity index (χ2v) is 16.0. The number of hydrogen-bond acceptors (Lipinski definition) is 4. The molecule has 7 rings (SSSR count). The van der Waals surface area contributed by atoms with Crippen molar-refractivity contribution in [2.75, 3.05) is 9.80 Å². The van der Waals surface area contributed by atoms with Crippen LogP contribution in [0.15, 0.2) is 109 Å². The van der Waals surface area contributed by atoms with E-state index in [1.54, 1.807) is 0 Å². The average molecular weight is 841 g/mol. The molecule has 50 heavy (non-hydrogen) atoms. The van der Waals surface area contributed by atoms with Crippen LogP contribution in [0.4, 0.5) is 11.4 Å². The number of aromatic nitrogens is 2. The molecule has 5 nitrogen and oxygen atoms in total. The standard InChI is InChI=1S/C44H45N4O.Pt/c1-42(2,3)30-14-12-15-32(24-30)46-28-40(44(7,8)9)47(29-46)33-16-13-17-34(26-33)49-35-20-21-37-36-18-10-11-19-38(36)48(39(37)27-35)41-25-31(22-23-45-41)43(4,5)6;/h10-25,28-29H,1-9H3;/q-3;. The summed E-state index contributed by atoms with van der Waals surface area (Å²) >= 11 is 0. The second-order valence-electron chi connectivity index (χ2n) is 16.0. The molecule has 0 bridgehead atoms. The first-order valence-electron chi connectivity index (χ1n) is 17.0. The van der Waals surface area contributed by atoms with E-state index in [0.717, 1.165) is 39.0 Å². The Balaban J connectivity index is 0.00000432. The van der Waals surface area contributed by atoms with Crippen LogP contribution in [0.2, 0.25) is 0 Å². The normalized spacial score (nSPS) is 13.9. The number of pyridine rings is 1. The fraction of sp³-hybridized carbons (Fsp3) is 0.273. The van der Waals surface area contributed by atoms with Gasteiger partial charge < -0.3 is 19.1 Å². The Kier molecular flexibility index (Phi) is 9.29. The zero-order valence-electron chi connectivity index (χ0n) is 30.4. The Morgan fingerprint density at radius 3 is 2.10 bits per heavy atom. The predicted octanol–water partition coefficient (Wildman–Crippen LogP) is 11.5. The van der Waals surface area contributed by atoms with Crippen molar-refractivity contribution < 1.29 is 25.8 Å². The summed E-state index contributed by atoms with van der Waals surface area (Å²) in [5.41, 5.74) is 7.70. The van der Waals surface area contributed by atoms with E-state index in [-0.39, 0.29) is 37.3 Å². The maximum Gasteiger partial charge on any atom is 0.135 e. The second kappa shape index (κ2) is 13.1. The van der Waals surface area contributed by atoms with Gasteiger partial charge in [-0.15, -0.1) is 48.1 Å². The topological polar surface area (TPSA) is 33.5 Å². The van der Waals surface area contributed by atoms with E-state index >= 15 is 0 Å². The number of ether oxygens (including phenoxy) is 1. The minimum absolute atomic E-state index is 0. The summed E-state index contributed by atoms with van der Waals surface area (Å²) in [5.74, 6) is 2.11. The number of para-hydroxylation sites is 1. The van der Waals surface area contributed by atoms with Crippen molar-refractivity contribution >= 4 is 33.2 Å². The van der Waals surface area contributed by atoms with E-state index in [2.05, 4.69) is 174 Å².